The van der Waals surface area contributed by atoms with Crippen LogP contribution < -0.4 is 0 Å². The molecule has 0 amide bonds. The highest BCUT2D eigenvalue weighted by Gasteiger charge is 1.98. The SMILES string of the molecule is CC(C)=CCC/C(C)=C/C=O.CC(C)=CCC[C@@H](C)CC=O.O=C/C=C/c1ccccc1. The van der Waals surface area contributed by atoms with E-state index in [1.54, 1.807) is 12.2 Å². The summed E-state index contributed by atoms with van der Waals surface area (Å²) in [7, 11) is 0. The fraction of sp³-hybridized carbons (Fsp3) is 0.414. The summed E-state index contributed by atoms with van der Waals surface area (Å²) >= 11 is 0. The molecule has 1 aromatic rings. The van der Waals surface area contributed by atoms with E-state index in [2.05, 4.69) is 46.8 Å². The number of carbonyl (C=O) groups is 3. The molecular weight excluding hydrogens is 396 g/mol. The monoisotopic (exact) mass is 438 g/mol. The highest BCUT2D eigenvalue weighted by Crippen LogP contribution is 2.09. The molecule has 0 saturated heterocycles. The van der Waals surface area contributed by atoms with Gasteiger partial charge in [-0.15, -0.1) is 0 Å². The van der Waals surface area contributed by atoms with Gasteiger partial charge in [0.25, 0.3) is 0 Å². The molecule has 0 bridgehead atoms. The second kappa shape index (κ2) is 22.9. The van der Waals surface area contributed by atoms with Crippen molar-refractivity contribution in [1.29, 1.82) is 0 Å². The largest absolute Gasteiger partial charge is 0.303 e. The Kier molecular flexibility index (Phi) is 22.4. The van der Waals surface area contributed by atoms with Crippen LogP contribution in [-0.4, -0.2) is 18.9 Å². The van der Waals surface area contributed by atoms with Crippen LogP contribution in [0.4, 0.5) is 0 Å². The summed E-state index contributed by atoms with van der Waals surface area (Å²) in [5, 5.41) is 0. The number of aldehydes is 3. The Hall–Kier alpha value is -2.81. The van der Waals surface area contributed by atoms with Gasteiger partial charge in [-0.2, -0.15) is 0 Å². The summed E-state index contributed by atoms with van der Waals surface area (Å²) in [6, 6.07) is 9.70. The van der Waals surface area contributed by atoms with E-state index >= 15 is 0 Å². The molecule has 0 saturated carbocycles. The molecule has 0 N–H and O–H groups in total. The summed E-state index contributed by atoms with van der Waals surface area (Å²) in [6.45, 7) is 12.5. The Morgan fingerprint density at radius 3 is 1.94 bits per heavy atom. The average molecular weight is 439 g/mol. The predicted molar refractivity (Wildman–Crippen MR) is 139 cm³/mol. The molecule has 0 aliphatic heterocycles. The van der Waals surface area contributed by atoms with E-state index in [-0.39, 0.29) is 0 Å². The van der Waals surface area contributed by atoms with Crippen LogP contribution in [0.2, 0.25) is 0 Å². The number of hydrogen-bond acceptors (Lipinski definition) is 3. The van der Waals surface area contributed by atoms with E-state index in [1.165, 1.54) is 17.2 Å². The summed E-state index contributed by atoms with van der Waals surface area (Å²) < 4.78 is 0. The Labute approximate surface area is 196 Å². The lowest BCUT2D eigenvalue weighted by Crippen LogP contribution is -1.93. The number of allylic oxidation sites excluding steroid dienone is 7. The molecule has 0 radical (unpaired) electrons. The lowest BCUT2D eigenvalue weighted by Gasteiger charge is -2.03. The van der Waals surface area contributed by atoms with Gasteiger partial charge >= 0.3 is 0 Å². The molecule has 0 aromatic heterocycles. The maximum absolute atomic E-state index is 10.1. The van der Waals surface area contributed by atoms with E-state index in [1.807, 2.05) is 37.3 Å². The third-order valence-electron chi connectivity index (χ3n) is 4.32. The zero-order valence-electron chi connectivity index (χ0n) is 20.8. The van der Waals surface area contributed by atoms with Crippen molar-refractivity contribution in [3.8, 4) is 0 Å². The lowest BCUT2D eigenvalue weighted by atomic mass is 10.0. The molecule has 0 fully saturated rings. The molecule has 0 aliphatic carbocycles. The van der Waals surface area contributed by atoms with Crippen molar-refractivity contribution in [3.05, 3.63) is 76.9 Å². The second-order valence-electron chi connectivity index (χ2n) is 8.24. The van der Waals surface area contributed by atoms with Crippen LogP contribution in [-0.2, 0) is 14.4 Å². The number of benzene rings is 1. The van der Waals surface area contributed by atoms with Crippen molar-refractivity contribution >= 4 is 24.9 Å². The van der Waals surface area contributed by atoms with Crippen molar-refractivity contribution in [2.24, 2.45) is 5.92 Å². The van der Waals surface area contributed by atoms with Crippen LogP contribution in [0.1, 0.15) is 79.2 Å². The normalized spacial score (nSPS) is 11.1. The van der Waals surface area contributed by atoms with Gasteiger partial charge in [-0.25, -0.2) is 0 Å². The summed E-state index contributed by atoms with van der Waals surface area (Å²) in [6.07, 6.45) is 16.9. The van der Waals surface area contributed by atoms with Gasteiger partial charge in [0.15, 0.2) is 0 Å². The molecule has 1 rings (SSSR count). The van der Waals surface area contributed by atoms with Crippen LogP contribution in [0.3, 0.4) is 0 Å². The second-order valence-corrected chi connectivity index (χ2v) is 8.24. The highest BCUT2D eigenvalue weighted by molar-refractivity contribution is 5.73. The molecule has 1 aromatic carbocycles. The molecule has 176 valence electrons. The number of carbonyl (C=O) groups excluding carboxylic acids is 3. The maximum atomic E-state index is 10.1. The van der Waals surface area contributed by atoms with Gasteiger partial charge in [-0.05, 0) is 83.9 Å². The van der Waals surface area contributed by atoms with Crippen molar-refractivity contribution in [3.63, 3.8) is 0 Å². The topological polar surface area (TPSA) is 51.2 Å². The Balaban J connectivity index is 0. The molecule has 3 heteroatoms. The maximum Gasteiger partial charge on any atom is 0.142 e. The number of hydrogen-bond donors (Lipinski definition) is 0. The van der Waals surface area contributed by atoms with Gasteiger partial charge in [0.1, 0.15) is 18.9 Å². The summed E-state index contributed by atoms with van der Waals surface area (Å²) in [4.78, 5) is 30.0. The van der Waals surface area contributed by atoms with Gasteiger partial charge < -0.3 is 4.79 Å². The van der Waals surface area contributed by atoms with Crippen LogP contribution in [0.25, 0.3) is 6.08 Å². The van der Waals surface area contributed by atoms with Crippen molar-refractivity contribution in [2.45, 2.75) is 73.6 Å². The minimum absolute atomic E-state index is 0.545. The van der Waals surface area contributed by atoms with Gasteiger partial charge in [-0.1, -0.05) is 72.2 Å². The molecule has 1 atom stereocenters. The van der Waals surface area contributed by atoms with Gasteiger partial charge in [0, 0.05) is 6.42 Å². The molecule has 0 spiro atoms. The van der Waals surface area contributed by atoms with E-state index in [4.69, 9.17) is 0 Å². The molecule has 32 heavy (non-hydrogen) atoms. The third-order valence-corrected chi connectivity index (χ3v) is 4.32. The Morgan fingerprint density at radius 1 is 0.844 bits per heavy atom. The molecule has 0 unspecified atom stereocenters. The molecule has 0 heterocycles. The average Bonchev–Trinajstić information content (AvgIpc) is 2.74. The van der Waals surface area contributed by atoms with Gasteiger partial charge in [0.05, 0.1) is 0 Å². The van der Waals surface area contributed by atoms with Gasteiger partial charge in [0.2, 0.25) is 0 Å². The highest BCUT2D eigenvalue weighted by atomic mass is 16.1. The van der Waals surface area contributed by atoms with Gasteiger partial charge in [-0.3, -0.25) is 9.59 Å². The smallest absolute Gasteiger partial charge is 0.142 e. The fourth-order valence-electron chi connectivity index (χ4n) is 2.44. The Morgan fingerprint density at radius 2 is 1.44 bits per heavy atom. The fourth-order valence-corrected chi connectivity index (χ4v) is 2.44. The summed E-state index contributed by atoms with van der Waals surface area (Å²) in [5.74, 6) is 0.545. The van der Waals surface area contributed by atoms with E-state index < -0.39 is 0 Å². The van der Waals surface area contributed by atoms with Crippen molar-refractivity contribution < 1.29 is 14.4 Å². The summed E-state index contributed by atoms with van der Waals surface area (Å²) in [5.41, 5.74) is 4.90. The first-order valence-corrected chi connectivity index (χ1v) is 11.2. The van der Waals surface area contributed by atoms with E-state index in [0.717, 1.165) is 55.7 Å². The lowest BCUT2D eigenvalue weighted by molar-refractivity contribution is -0.108. The minimum atomic E-state index is 0.545. The third kappa shape index (κ3) is 25.2. The van der Waals surface area contributed by atoms with Crippen molar-refractivity contribution in [2.75, 3.05) is 0 Å². The molecule has 0 aliphatic rings. The van der Waals surface area contributed by atoms with E-state index in [9.17, 15) is 14.4 Å². The Bertz CT molecular complexity index is 729. The minimum Gasteiger partial charge on any atom is -0.303 e. The first-order valence-electron chi connectivity index (χ1n) is 11.2. The first-order chi connectivity index (χ1) is 15.3. The van der Waals surface area contributed by atoms with Crippen molar-refractivity contribution in [1.82, 2.24) is 0 Å². The zero-order chi connectivity index (χ0) is 24.6. The standard InChI is InChI=1S/C10H18O.C10H16O.C9H8O/c2*1-9(2)5-4-6-10(3)7-8-11;10-8-4-7-9-5-2-1-3-6-9/h5,8,10H,4,6-7H2,1-3H3;5,7-8H,4,6H2,1-3H3;1-8H/b;10-7+;7-4+/t10-;;/m1../s1. The van der Waals surface area contributed by atoms with Crippen LogP contribution in [0.15, 0.2) is 71.4 Å². The van der Waals surface area contributed by atoms with Crippen LogP contribution in [0.5, 0.6) is 0 Å². The first kappa shape index (κ1) is 31.4. The number of rotatable bonds is 11. The molecule has 3 nitrogen and oxygen atoms in total. The van der Waals surface area contributed by atoms with E-state index in [0.29, 0.717) is 12.3 Å². The molecular formula is C29H42O3. The van der Waals surface area contributed by atoms with Crippen LogP contribution >= 0.6 is 0 Å². The predicted octanol–water partition coefficient (Wildman–Crippen LogP) is 7.73. The van der Waals surface area contributed by atoms with Crippen LogP contribution in [0, 0.1) is 5.92 Å². The zero-order valence-corrected chi connectivity index (χ0v) is 20.8. The quantitative estimate of drug-likeness (QED) is 0.202.